The predicted octanol–water partition coefficient (Wildman–Crippen LogP) is 3.80. The van der Waals surface area contributed by atoms with Crippen LogP contribution in [0.3, 0.4) is 0 Å². The van der Waals surface area contributed by atoms with E-state index in [2.05, 4.69) is 35.0 Å². The maximum Gasteiger partial charge on any atom is 0.258 e. The van der Waals surface area contributed by atoms with E-state index in [0.717, 1.165) is 6.54 Å². The predicted molar refractivity (Wildman–Crippen MR) is 96.6 cm³/mol. The highest BCUT2D eigenvalue weighted by molar-refractivity contribution is 6.30. The number of rotatable bonds is 6. The van der Waals surface area contributed by atoms with Crippen molar-refractivity contribution < 1.29 is 9.53 Å². The maximum atomic E-state index is 11.9. The fourth-order valence-corrected chi connectivity index (χ4v) is 2.81. The second-order valence-electron chi connectivity index (χ2n) is 5.59. The third kappa shape index (κ3) is 3.89. The lowest BCUT2D eigenvalue weighted by Gasteiger charge is -2.10. The van der Waals surface area contributed by atoms with E-state index in [0.29, 0.717) is 17.3 Å². The molecule has 5 heteroatoms. The zero-order chi connectivity index (χ0) is 16.9. The number of aromatic nitrogens is 1. The highest BCUT2D eigenvalue weighted by Gasteiger charge is 2.06. The monoisotopic (exact) mass is 342 g/mol. The molecule has 1 heterocycles. The van der Waals surface area contributed by atoms with Gasteiger partial charge in [0.05, 0.1) is 0 Å². The van der Waals surface area contributed by atoms with Crippen molar-refractivity contribution in [2.45, 2.75) is 13.5 Å². The Morgan fingerprint density at radius 3 is 2.71 bits per heavy atom. The molecule has 0 bridgehead atoms. The summed E-state index contributed by atoms with van der Waals surface area (Å²) in [6, 6.07) is 17.3. The van der Waals surface area contributed by atoms with E-state index in [1.54, 1.807) is 24.3 Å². The average molecular weight is 343 g/mol. The number of hydrogen-bond donors (Lipinski definition) is 1. The van der Waals surface area contributed by atoms with Crippen LogP contribution in [-0.4, -0.2) is 23.6 Å². The molecule has 3 rings (SSSR count). The van der Waals surface area contributed by atoms with Crippen molar-refractivity contribution in [1.82, 2.24) is 9.88 Å². The smallest absolute Gasteiger partial charge is 0.258 e. The molecule has 0 radical (unpaired) electrons. The number of carbonyl (C=O) groups excluding carboxylic acids is 1. The molecule has 1 aromatic heterocycles. The molecule has 0 saturated carbocycles. The standard InChI is InChI=1S/C19H19ClN2O2/c1-14-12-15-4-2-3-5-18(15)22(14)11-10-21-19(23)13-24-17-8-6-16(20)7-9-17/h2-9,12H,10-11,13H2,1H3,(H,21,23). The van der Waals surface area contributed by atoms with Crippen LogP contribution in [-0.2, 0) is 11.3 Å². The minimum absolute atomic E-state index is 0.00690. The minimum Gasteiger partial charge on any atom is -0.484 e. The summed E-state index contributed by atoms with van der Waals surface area (Å²) in [4.78, 5) is 11.9. The third-order valence-electron chi connectivity index (χ3n) is 3.86. The normalized spacial score (nSPS) is 10.8. The Labute approximate surface area is 146 Å². The fourth-order valence-electron chi connectivity index (χ4n) is 2.68. The molecule has 0 aliphatic heterocycles. The van der Waals surface area contributed by atoms with Crippen LogP contribution < -0.4 is 10.1 Å². The number of fused-ring (bicyclic) bond motifs is 1. The van der Waals surface area contributed by atoms with Gasteiger partial charge < -0.3 is 14.6 Å². The molecule has 24 heavy (non-hydrogen) atoms. The maximum absolute atomic E-state index is 11.9. The van der Waals surface area contributed by atoms with Crippen molar-refractivity contribution in [3.05, 3.63) is 65.3 Å². The summed E-state index contributed by atoms with van der Waals surface area (Å²) >= 11 is 5.81. The molecule has 1 N–H and O–H groups in total. The molecule has 0 unspecified atom stereocenters. The quantitative estimate of drug-likeness (QED) is 0.740. The zero-order valence-corrected chi connectivity index (χ0v) is 14.2. The number of nitrogens with zero attached hydrogens (tertiary/aromatic N) is 1. The molecule has 0 aliphatic carbocycles. The Morgan fingerprint density at radius 2 is 1.92 bits per heavy atom. The second-order valence-corrected chi connectivity index (χ2v) is 6.03. The van der Waals surface area contributed by atoms with Gasteiger partial charge in [0.25, 0.3) is 5.91 Å². The first-order valence-electron chi connectivity index (χ1n) is 7.83. The first-order chi connectivity index (χ1) is 11.6. The molecule has 1 amide bonds. The number of carbonyl (C=O) groups is 1. The van der Waals surface area contributed by atoms with Crippen LogP contribution in [0.25, 0.3) is 10.9 Å². The van der Waals surface area contributed by atoms with Crippen LogP contribution in [0.15, 0.2) is 54.6 Å². The second kappa shape index (κ2) is 7.41. The molecule has 3 aromatic rings. The molecule has 124 valence electrons. The highest BCUT2D eigenvalue weighted by atomic mass is 35.5. The first-order valence-corrected chi connectivity index (χ1v) is 8.21. The Morgan fingerprint density at radius 1 is 1.17 bits per heavy atom. The molecular weight excluding hydrogens is 324 g/mol. The van der Waals surface area contributed by atoms with Crippen LogP contribution in [0.5, 0.6) is 5.75 Å². The number of hydrogen-bond acceptors (Lipinski definition) is 2. The van der Waals surface area contributed by atoms with Gasteiger partial charge in [-0.3, -0.25) is 4.79 Å². The largest absolute Gasteiger partial charge is 0.484 e. The van der Waals surface area contributed by atoms with E-state index < -0.39 is 0 Å². The summed E-state index contributed by atoms with van der Waals surface area (Å²) in [7, 11) is 0. The number of para-hydroxylation sites is 1. The van der Waals surface area contributed by atoms with E-state index in [-0.39, 0.29) is 12.5 Å². The number of amides is 1. The lowest BCUT2D eigenvalue weighted by atomic mass is 10.2. The average Bonchev–Trinajstić information content (AvgIpc) is 2.90. The number of benzene rings is 2. The van der Waals surface area contributed by atoms with E-state index in [1.807, 2.05) is 12.1 Å². The zero-order valence-electron chi connectivity index (χ0n) is 13.5. The summed E-state index contributed by atoms with van der Waals surface area (Å²) in [5.74, 6) is 0.487. The van der Waals surface area contributed by atoms with E-state index in [9.17, 15) is 4.79 Å². The third-order valence-corrected chi connectivity index (χ3v) is 4.11. The van der Waals surface area contributed by atoms with Crippen LogP contribution in [0.1, 0.15) is 5.69 Å². The number of nitrogens with one attached hydrogen (secondary N) is 1. The van der Waals surface area contributed by atoms with Gasteiger partial charge in [-0.05, 0) is 48.7 Å². The van der Waals surface area contributed by atoms with Crippen molar-refractivity contribution in [2.75, 3.05) is 13.2 Å². The van der Waals surface area contributed by atoms with Gasteiger partial charge in [0.2, 0.25) is 0 Å². The van der Waals surface area contributed by atoms with Gasteiger partial charge in [0.15, 0.2) is 6.61 Å². The minimum atomic E-state index is -0.140. The molecule has 2 aromatic carbocycles. The SMILES string of the molecule is Cc1cc2ccccc2n1CCNC(=O)COc1ccc(Cl)cc1. The van der Waals surface area contributed by atoms with Crippen molar-refractivity contribution in [1.29, 1.82) is 0 Å². The Balaban J connectivity index is 1.49. The molecular formula is C19H19ClN2O2. The van der Waals surface area contributed by atoms with E-state index in [4.69, 9.17) is 16.3 Å². The van der Waals surface area contributed by atoms with E-state index in [1.165, 1.54) is 16.6 Å². The number of ether oxygens (including phenoxy) is 1. The number of aryl methyl sites for hydroxylation is 1. The van der Waals surface area contributed by atoms with Crippen molar-refractivity contribution >= 4 is 28.4 Å². The lowest BCUT2D eigenvalue weighted by molar-refractivity contribution is -0.123. The van der Waals surface area contributed by atoms with Gasteiger partial charge >= 0.3 is 0 Å². The topological polar surface area (TPSA) is 43.3 Å². The molecule has 4 nitrogen and oxygen atoms in total. The van der Waals surface area contributed by atoms with Crippen LogP contribution >= 0.6 is 11.6 Å². The van der Waals surface area contributed by atoms with Gasteiger partial charge in [-0.15, -0.1) is 0 Å². The van der Waals surface area contributed by atoms with Gasteiger partial charge in [0, 0.05) is 29.3 Å². The number of halogens is 1. The summed E-state index contributed by atoms with van der Waals surface area (Å²) in [6.45, 7) is 3.35. The Hall–Kier alpha value is -2.46. The van der Waals surface area contributed by atoms with Crippen molar-refractivity contribution in [2.24, 2.45) is 0 Å². The Kier molecular flexibility index (Phi) is 5.06. The first kappa shape index (κ1) is 16.4. The highest BCUT2D eigenvalue weighted by Crippen LogP contribution is 2.18. The summed E-state index contributed by atoms with van der Waals surface area (Å²) in [5.41, 5.74) is 2.37. The van der Waals surface area contributed by atoms with Gasteiger partial charge in [-0.25, -0.2) is 0 Å². The van der Waals surface area contributed by atoms with Gasteiger partial charge in [0.1, 0.15) is 5.75 Å². The summed E-state index contributed by atoms with van der Waals surface area (Å²) in [5, 5.41) is 4.74. The summed E-state index contributed by atoms with van der Waals surface area (Å²) in [6.07, 6.45) is 0. The van der Waals surface area contributed by atoms with Crippen LogP contribution in [0, 0.1) is 6.92 Å². The summed E-state index contributed by atoms with van der Waals surface area (Å²) < 4.78 is 7.63. The molecule has 0 fully saturated rings. The molecule has 0 atom stereocenters. The van der Waals surface area contributed by atoms with Gasteiger partial charge in [-0.2, -0.15) is 0 Å². The molecule has 0 saturated heterocycles. The van der Waals surface area contributed by atoms with Crippen LogP contribution in [0.2, 0.25) is 5.02 Å². The Bertz CT molecular complexity index is 840. The fraction of sp³-hybridized carbons (Fsp3) is 0.211. The van der Waals surface area contributed by atoms with Gasteiger partial charge in [-0.1, -0.05) is 29.8 Å². The van der Waals surface area contributed by atoms with Crippen molar-refractivity contribution in [3.63, 3.8) is 0 Å². The molecule has 0 spiro atoms. The van der Waals surface area contributed by atoms with Crippen molar-refractivity contribution in [3.8, 4) is 5.75 Å². The lowest BCUT2D eigenvalue weighted by Crippen LogP contribution is -2.31. The van der Waals surface area contributed by atoms with E-state index >= 15 is 0 Å². The molecule has 0 aliphatic rings. The van der Waals surface area contributed by atoms with Crippen LogP contribution in [0.4, 0.5) is 0 Å².